The SMILES string of the molecule is O=C(Nc1ccccc1)c1c[nH]c2cc(F)cc(F)c2c1=O. The average molecular weight is 300 g/mol. The van der Waals surface area contributed by atoms with Gasteiger partial charge in [0.1, 0.15) is 17.2 Å². The molecule has 0 aliphatic carbocycles. The van der Waals surface area contributed by atoms with E-state index in [9.17, 15) is 18.4 Å². The quantitative estimate of drug-likeness (QED) is 0.764. The van der Waals surface area contributed by atoms with Gasteiger partial charge in [0, 0.05) is 18.0 Å². The number of H-pyrrole nitrogens is 1. The lowest BCUT2D eigenvalue weighted by molar-refractivity contribution is 0.102. The van der Waals surface area contributed by atoms with Crippen molar-refractivity contribution in [1.29, 1.82) is 0 Å². The number of rotatable bonds is 2. The fourth-order valence-corrected chi connectivity index (χ4v) is 2.16. The Hall–Kier alpha value is -3.02. The first kappa shape index (κ1) is 13.9. The number of anilines is 1. The largest absolute Gasteiger partial charge is 0.360 e. The van der Waals surface area contributed by atoms with Gasteiger partial charge in [0.15, 0.2) is 0 Å². The molecule has 2 aromatic carbocycles. The Morgan fingerprint density at radius 2 is 1.82 bits per heavy atom. The van der Waals surface area contributed by atoms with Gasteiger partial charge in [-0.2, -0.15) is 0 Å². The molecule has 0 aliphatic heterocycles. The number of halogens is 2. The predicted octanol–water partition coefficient (Wildman–Crippen LogP) is 3.06. The second kappa shape index (κ2) is 5.40. The van der Waals surface area contributed by atoms with Crippen LogP contribution in [-0.4, -0.2) is 10.9 Å². The van der Waals surface area contributed by atoms with Gasteiger partial charge in [-0.05, 0) is 18.2 Å². The maximum absolute atomic E-state index is 13.8. The Labute approximate surface area is 123 Å². The van der Waals surface area contributed by atoms with Gasteiger partial charge in [-0.3, -0.25) is 9.59 Å². The summed E-state index contributed by atoms with van der Waals surface area (Å²) >= 11 is 0. The van der Waals surface area contributed by atoms with E-state index in [0.717, 1.165) is 12.3 Å². The summed E-state index contributed by atoms with van der Waals surface area (Å²) in [5, 5.41) is 2.19. The molecule has 2 N–H and O–H groups in total. The molecule has 0 bridgehead atoms. The number of benzene rings is 2. The van der Waals surface area contributed by atoms with E-state index in [-0.39, 0.29) is 16.5 Å². The van der Waals surface area contributed by atoms with Crippen LogP contribution in [0.25, 0.3) is 10.9 Å². The molecule has 3 aromatic rings. The molecular weight excluding hydrogens is 290 g/mol. The Morgan fingerprint density at radius 3 is 2.55 bits per heavy atom. The number of fused-ring (bicyclic) bond motifs is 1. The van der Waals surface area contributed by atoms with Crippen LogP contribution in [0, 0.1) is 11.6 Å². The van der Waals surface area contributed by atoms with Crippen molar-refractivity contribution in [2.75, 3.05) is 5.32 Å². The minimum atomic E-state index is -1.01. The van der Waals surface area contributed by atoms with Crippen molar-refractivity contribution < 1.29 is 13.6 Å². The number of carbonyl (C=O) groups excluding carboxylic acids is 1. The summed E-state index contributed by atoms with van der Waals surface area (Å²) in [6.07, 6.45) is 1.14. The Morgan fingerprint density at radius 1 is 1.09 bits per heavy atom. The molecule has 110 valence electrons. The second-order valence-electron chi connectivity index (χ2n) is 4.66. The summed E-state index contributed by atoms with van der Waals surface area (Å²) in [6.45, 7) is 0. The van der Waals surface area contributed by atoms with Gasteiger partial charge in [0.25, 0.3) is 5.91 Å². The van der Waals surface area contributed by atoms with Crippen LogP contribution in [0.2, 0.25) is 0 Å². The molecular formula is C16H10F2N2O2. The fraction of sp³-hybridized carbons (Fsp3) is 0. The van der Waals surface area contributed by atoms with E-state index in [1.54, 1.807) is 30.3 Å². The van der Waals surface area contributed by atoms with E-state index >= 15 is 0 Å². The first-order valence-electron chi connectivity index (χ1n) is 6.43. The third kappa shape index (κ3) is 2.46. The van der Waals surface area contributed by atoms with E-state index < -0.39 is 23.0 Å². The number of pyridine rings is 1. The zero-order chi connectivity index (χ0) is 15.7. The van der Waals surface area contributed by atoms with E-state index in [1.807, 2.05) is 0 Å². The summed E-state index contributed by atoms with van der Waals surface area (Å²) in [4.78, 5) is 26.9. The molecule has 0 fully saturated rings. The first-order valence-corrected chi connectivity index (χ1v) is 6.43. The molecule has 22 heavy (non-hydrogen) atoms. The molecule has 0 spiro atoms. The summed E-state index contributed by atoms with van der Waals surface area (Å²) in [5.74, 6) is -2.48. The van der Waals surface area contributed by atoms with Gasteiger partial charge in [-0.15, -0.1) is 0 Å². The number of amides is 1. The molecule has 1 aromatic heterocycles. The highest BCUT2D eigenvalue weighted by atomic mass is 19.1. The maximum atomic E-state index is 13.8. The molecule has 0 aliphatic rings. The number of hydrogen-bond acceptors (Lipinski definition) is 2. The molecule has 0 atom stereocenters. The number of carbonyl (C=O) groups is 1. The number of aromatic amines is 1. The van der Waals surface area contributed by atoms with Crippen LogP contribution in [0.5, 0.6) is 0 Å². The van der Waals surface area contributed by atoms with Crippen LogP contribution in [0.15, 0.2) is 53.5 Å². The molecule has 6 heteroatoms. The third-order valence-electron chi connectivity index (χ3n) is 3.17. The second-order valence-corrected chi connectivity index (χ2v) is 4.66. The van der Waals surface area contributed by atoms with Crippen molar-refractivity contribution in [2.45, 2.75) is 0 Å². The summed E-state index contributed by atoms with van der Waals surface area (Å²) in [5.41, 5.74) is -0.535. The molecule has 0 unspecified atom stereocenters. The number of hydrogen-bond donors (Lipinski definition) is 2. The zero-order valence-corrected chi connectivity index (χ0v) is 11.2. The maximum Gasteiger partial charge on any atom is 0.261 e. The average Bonchev–Trinajstić information content (AvgIpc) is 2.47. The van der Waals surface area contributed by atoms with Gasteiger partial charge in [-0.1, -0.05) is 18.2 Å². The van der Waals surface area contributed by atoms with E-state index in [1.165, 1.54) is 0 Å². The molecule has 1 heterocycles. The van der Waals surface area contributed by atoms with Crippen LogP contribution >= 0.6 is 0 Å². The first-order chi connectivity index (χ1) is 10.6. The van der Waals surface area contributed by atoms with Crippen molar-refractivity contribution in [2.24, 2.45) is 0 Å². The normalized spacial score (nSPS) is 10.6. The Kier molecular flexibility index (Phi) is 3.42. The number of para-hydroxylation sites is 1. The van der Waals surface area contributed by atoms with Gasteiger partial charge in [-0.25, -0.2) is 8.78 Å². The molecule has 0 saturated carbocycles. The van der Waals surface area contributed by atoms with Gasteiger partial charge in [0.05, 0.1) is 10.9 Å². The molecule has 0 saturated heterocycles. The van der Waals surface area contributed by atoms with Crippen molar-refractivity contribution in [3.63, 3.8) is 0 Å². The smallest absolute Gasteiger partial charge is 0.261 e. The summed E-state index contributed by atoms with van der Waals surface area (Å²) in [6, 6.07) is 10.1. The lowest BCUT2D eigenvalue weighted by Gasteiger charge is -2.06. The van der Waals surface area contributed by atoms with Crippen LogP contribution < -0.4 is 10.7 Å². The van der Waals surface area contributed by atoms with Crippen molar-refractivity contribution in [3.05, 3.63) is 76.1 Å². The predicted molar refractivity (Wildman–Crippen MR) is 78.9 cm³/mol. The Bertz CT molecular complexity index is 921. The minimum Gasteiger partial charge on any atom is -0.360 e. The van der Waals surface area contributed by atoms with E-state index in [0.29, 0.717) is 11.8 Å². The van der Waals surface area contributed by atoms with Crippen molar-refractivity contribution in [3.8, 4) is 0 Å². The lowest BCUT2D eigenvalue weighted by Crippen LogP contribution is -2.22. The minimum absolute atomic E-state index is 0.00115. The van der Waals surface area contributed by atoms with E-state index in [4.69, 9.17) is 0 Å². The Balaban J connectivity index is 2.07. The highest BCUT2D eigenvalue weighted by Crippen LogP contribution is 2.15. The van der Waals surface area contributed by atoms with Crippen LogP contribution in [0.3, 0.4) is 0 Å². The molecule has 0 radical (unpaired) electrons. The van der Waals surface area contributed by atoms with Gasteiger partial charge in [0.2, 0.25) is 5.43 Å². The third-order valence-corrected chi connectivity index (χ3v) is 3.17. The summed E-state index contributed by atoms with van der Waals surface area (Å²) in [7, 11) is 0. The zero-order valence-electron chi connectivity index (χ0n) is 11.2. The monoisotopic (exact) mass is 300 g/mol. The lowest BCUT2D eigenvalue weighted by atomic mass is 10.1. The summed E-state index contributed by atoms with van der Waals surface area (Å²) < 4.78 is 26.9. The number of aromatic nitrogens is 1. The van der Waals surface area contributed by atoms with Crippen LogP contribution in [-0.2, 0) is 0 Å². The number of nitrogens with one attached hydrogen (secondary N) is 2. The molecule has 3 rings (SSSR count). The topological polar surface area (TPSA) is 62.0 Å². The molecule has 1 amide bonds. The van der Waals surface area contributed by atoms with Crippen LogP contribution in [0.4, 0.5) is 14.5 Å². The fourth-order valence-electron chi connectivity index (χ4n) is 2.16. The van der Waals surface area contributed by atoms with Gasteiger partial charge < -0.3 is 10.3 Å². The standard InChI is InChI=1S/C16H10F2N2O2/c17-9-6-12(18)14-13(7-9)19-8-11(15(14)21)16(22)20-10-4-2-1-3-5-10/h1-8H,(H,19,21)(H,20,22). The highest BCUT2D eigenvalue weighted by molar-refractivity contribution is 6.05. The molecule has 4 nitrogen and oxygen atoms in total. The van der Waals surface area contributed by atoms with Crippen LogP contribution in [0.1, 0.15) is 10.4 Å². The highest BCUT2D eigenvalue weighted by Gasteiger charge is 2.16. The van der Waals surface area contributed by atoms with Crippen molar-refractivity contribution in [1.82, 2.24) is 4.98 Å². The van der Waals surface area contributed by atoms with E-state index in [2.05, 4.69) is 10.3 Å². The van der Waals surface area contributed by atoms with Crippen molar-refractivity contribution >= 4 is 22.5 Å². The van der Waals surface area contributed by atoms with Gasteiger partial charge >= 0.3 is 0 Å².